The fraction of sp³-hybridized carbons (Fsp3) is 0.176. The van der Waals surface area contributed by atoms with E-state index in [0.29, 0.717) is 4.88 Å². The summed E-state index contributed by atoms with van der Waals surface area (Å²) in [5, 5.41) is 3.76. The minimum atomic E-state index is -0.119. The molecule has 3 rings (SSSR count). The SMILES string of the molecule is Cc1nc(-c2ccccn2)sc1C(=O)N[C@@H](C)c1ccncc1. The second-order valence-corrected chi connectivity index (χ2v) is 6.12. The zero-order chi connectivity index (χ0) is 16.2. The number of amides is 1. The van der Waals surface area contributed by atoms with Gasteiger partial charge in [0.15, 0.2) is 0 Å². The number of aryl methyl sites for hydroxylation is 1. The summed E-state index contributed by atoms with van der Waals surface area (Å²) in [6.45, 7) is 3.79. The summed E-state index contributed by atoms with van der Waals surface area (Å²) in [6.07, 6.45) is 5.15. The number of hydrogen-bond donors (Lipinski definition) is 1. The molecular weight excluding hydrogens is 308 g/mol. The molecule has 0 unspecified atom stereocenters. The zero-order valence-corrected chi connectivity index (χ0v) is 13.7. The highest BCUT2D eigenvalue weighted by atomic mass is 32.1. The number of carbonyl (C=O) groups excluding carboxylic acids is 1. The first-order valence-corrected chi connectivity index (χ1v) is 8.06. The van der Waals surface area contributed by atoms with Gasteiger partial charge in [-0.25, -0.2) is 4.98 Å². The van der Waals surface area contributed by atoms with Gasteiger partial charge in [0, 0.05) is 18.6 Å². The maximum absolute atomic E-state index is 12.5. The highest BCUT2D eigenvalue weighted by molar-refractivity contribution is 7.17. The Morgan fingerprint density at radius 2 is 1.96 bits per heavy atom. The third-order valence-corrected chi connectivity index (χ3v) is 4.62. The average Bonchev–Trinajstić information content (AvgIpc) is 2.98. The van der Waals surface area contributed by atoms with Gasteiger partial charge < -0.3 is 5.32 Å². The second kappa shape index (κ2) is 6.66. The summed E-state index contributed by atoms with van der Waals surface area (Å²) >= 11 is 1.36. The predicted octanol–water partition coefficient (Wildman–Crippen LogP) is 3.40. The van der Waals surface area contributed by atoms with E-state index in [9.17, 15) is 4.79 Å². The predicted molar refractivity (Wildman–Crippen MR) is 90.2 cm³/mol. The Labute approximate surface area is 138 Å². The maximum Gasteiger partial charge on any atom is 0.263 e. The Kier molecular flexibility index (Phi) is 4.43. The summed E-state index contributed by atoms with van der Waals surface area (Å²) in [6, 6.07) is 9.34. The van der Waals surface area contributed by atoms with Crippen LogP contribution in [0.1, 0.15) is 33.9 Å². The zero-order valence-electron chi connectivity index (χ0n) is 12.9. The van der Waals surface area contributed by atoms with Crippen molar-refractivity contribution < 1.29 is 4.79 Å². The van der Waals surface area contributed by atoms with E-state index in [1.807, 2.05) is 44.2 Å². The minimum absolute atomic E-state index is 0.0923. The van der Waals surface area contributed by atoms with Crippen LogP contribution in [-0.4, -0.2) is 20.9 Å². The van der Waals surface area contributed by atoms with Gasteiger partial charge in [-0.15, -0.1) is 11.3 Å². The molecule has 0 aliphatic rings. The van der Waals surface area contributed by atoms with Gasteiger partial charge in [0.2, 0.25) is 0 Å². The van der Waals surface area contributed by atoms with E-state index in [2.05, 4.69) is 20.3 Å². The van der Waals surface area contributed by atoms with Crippen LogP contribution in [0.2, 0.25) is 0 Å². The largest absolute Gasteiger partial charge is 0.345 e. The number of hydrogen-bond acceptors (Lipinski definition) is 5. The Bertz CT molecular complexity index is 802. The van der Waals surface area contributed by atoms with Crippen molar-refractivity contribution in [1.29, 1.82) is 0 Å². The number of nitrogens with one attached hydrogen (secondary N) is 1. The Hall–Kier alpha value is -2.60. The van der Waals surface area contributed by atoms with Crippen molar-refractivity contribution in [2.75, 3.05) is 0 Å². The van der Waals surface area contributed by atoms with Gasteiger partial charge >= 0.3 is 0 Å². The minimum Gasteiger partial charge on any atom is -0.345 e. The number of pyridine rings is 2. The molecule has 1 N–H and O–H groups in total. The monoisotopic (exact) mass is 324 g/mol. The van der Waals surface area contributed by atoms with Crippen molar-refractivity contribution in [3.63, 3.8) is 0 Å². The summed E-state index contributed by atoms with van der Waals surface area (Å²) in [7, 11) is 0. The fourth-order valence-electron chi connectivity index (χ4n) is 2.20. The summed E-state index contributed by atoms with van der Waals surface area (Å²) in [5.41, 5.74) is 2.51. The van der Waals surface area contributed by atoms with Crippen molar-refractivity contribution >= 4 is 17.2 Å². The van der Waals surface area contributed by atoms with Crippen LogP contribution >= 0.6 is 11.3 Å². The number of carbonyl (C=O) groups is 1. The van der Waals surface area contributed by atoms with Crippen LogP contribution in [0.5, 0.6) is 0 Å². The smallest absolute Gasteiger partial charge is 0.263 e. The number of aromatic nitrogens is 3. The fourth-order valence-corrected chi connectivity index (χ4v) is 3.15. The highest BCUT2D eigenvalue weighted by Crippen LogP contribution is 2.26. The molecule has 3 aromatic rings. The van der Waals surface area contributed by atoms with Crippen LogP contribution in [0.25, 0.3) is 10.7 Å². The first-order valence-electron chi connectivity index (χ1n) is 7.25. The lowest BCUT2D eigenvalue weighted by Gasteiger charge is -2.13. The highest BCUT2D eigenvalue weighted by Gasteiger charge is 2.18. The van der Waals surface area contributed by atoms with Crippen LogP contribution in [-0.2, 0) is 0 Å². The molecule has 0 spiro atoms. The number of thiazole rings is 1. The standard InChI is InChI=1S/C17H16N4OS/c1-11(13-6-9-18-10-7-13)20-16(22)15-12(2)21-17(23-15)14-5-3-4-8-19-14/h3-11H,1-2H3,(H,20,22)/t11-/m0/s1. The van der Waals surface area contributed by atoms with Crippen molar-refractivity contribution in [2.45, 2.75) is 19.9 Å². The molecule has 0 radical (unpaired) electrons. The molecule has 116 valence electrons. The molecule has 0 saturated heterocycles. The first kappa shape index (κ1) is 15.3. The summed E-state index contributed by atoms with van der Waals surface area (Å²) < 4.78 is 0. The van der Waals surface area contributed by atoms with Crippen molar-refractivity contribution in [3.8, 4) is 10.7 Å². The maximum atomic E-state index is 12.5. The molecule has 0 aliphatic carbocycles. The van der Waals surface area contributed by atoms with Crippen LogP contribution in [0.4, 0.5) is 0 Å². The molecule has 3 aromatic heterocycles. The van der Waals surface area contributed by atoms with Gasteiger partial charge in [0.05, 0.1) is 17.4 Å². The van der Waals surface area contributed by atoms with E-state index >= 15 is 0 Å². The van der Waals surface area contributed by atoms with E-state index in [0.717, 1.165) is 22.0 Å². The van der Waals surface area contributed by atoms with E-state index in [1.165, 1.54) is 11.3 Å². The van der Waals surface area contributed by atoms with Gasteiger partial charge in [-0.1, -0.05) is 6.07 Å². The molecule has 0 aromatic carbocycles. The molecule has 0 aliphatic heterocycles. The Morgan fingerprint density at radius 3 is 2.65 bits per heavy atom. The Balaban J connectivity index is 1.79. The van der Waals surface area contributed by atoms with Crippen molar-refractivity contribution in [1.82, 2.24) is 20.3 Å². The molecule has 1 amide bonds. The van der Waals surface area contributed by atoms with Crippen LogP contribution < -0.4 is 5.32 Å². The van der Waals surface area contributed by atoms with Gasteiger partial charge in [-0.3, -0.25) is 14.8 Å². The molecule has 0 bridgehead atoms. The number of nitrogens with zero attached hydrogens (tertiary/aromatic N) is 3. The molecule has 23 heavy (non-hydrogen) atoms. The molecule has 6 heteroatoms. The lowest BCUT2D eigenvalue weighted by molar-refractivity contribution is 0.0943. The third kappa shape index (κ3) is 3.43. The molecule has 3 heterocycles. The summed E-state index contributed by atoms with van der Waals surface area (Å²) in [5.74, 6) is -0.119. The van der Waals surface area contributed by atoms with Crippen LogP contribution in [0, 0.1) is 6.92 Å². The molecule has 0 saturated carbocycles. The topological polar surface area (TPSA) is 67.8 Å². The lowest BCUT2D eigenvalue weighted by Crippen LogP contribution is -2.26. The van der Waals surface area contributed by atoms with Gasteiger partial charge in [-0.2, -0.15) is 0 Å². The van der Waals surface area contributed by atoms with Crippen molar-refractivity contribution in [2.24, 2.45) is 0 Å². The molecule has 0 fully saturated rings. The first-order chi connectivity index (χ1) is 11.1. The van der Waals surface area contributed by atoms with E-state index in [1.54, 1.807) is 18.6 Å². The van der Waals surface area contributed by atoms with Crippen LogP contribution in [0.15, 0.2) is 48.9 Å². The number of rotatable bonds is 4. The third-order valence-electron chi connectivity index (χ3n) is 3.44. The van der Waals surface area contributed by atoms with E-state index in [4.69, 9.17) is 0 Å². The molecule has 1 atom stereocenters. The van der Waals surface area contributed by atoms with E-state index < -0.39 is 0 Å². The quantitative estimate of drug-likeness (QED) is 0.798. The van der Waals surface area contributed by atoms with Gasteiger partial charge in [0.25, 0.3) is 5.91 Å². The van der Waals surface area contributed by atoms with Gasteiger partial charge in [0.1, 0.15) is 9.88 Å². The molecule has 5 nitrogen and oxygen atoms in total. The summed E-state index contributed by atoms with van der Waals surface area (Å²) in [4.78, 5) is 25.9. The van der Waals surface area contributed by atoms with Crippen LogP contribution in [0.3, 0.4) is 0 Å². The Morgan fingerprint density at radius 1 is 1.17 bits per heavy atom. The normalized spacial score (nSPS) is 11.9. The molecular formula is C17H16N4OS. The van der Waals surface area contributed by atoms with E-state index in [-0.39, 0.29) is 11.9 Å². The average molecular weight is 324 g/mol. The van der Waals surface area contributed by atoms with Gasteiger partial charge in [-0.05, 0) is 43.7 Å². The van der Waals surface area contributed by atoms with Crippen molar-refractivity contribution in [3.05, 3.63) is 65.1 Å². The lowest BCUT2D eigenvalue weighted by atomic mass is 10.1. The second-order valence-electron chi connectivity index (χ2n) is 5.12.